The van der Waals surface area contributed by atoms with E-state index in [1.807, 2.05) is 63.2 Å². The zero-order chi connectivity index (χ0) is 32.9. The number of rotatable bonds is 7. The van der Waals surface area contributed by atoms with E-state index in [2.05, 4.69) is 11.0 Å². The predicted molar refractivity (Wildman–Crippen MR) is 187 cm³/mol. The molecule has 1 unspecified atom stereocenters. The minimum Gasteiger partial charge on any atom is -0.378 e. The molecule has 0 N–H and O–H groups in total. The first-order chi connectivity index (χ1) is 21.9. The molecular weight excluding hydrogens is 619 g/mol. The standard InChI is InChI=1S/C35H55N5O4S2/c1-29-25-38(45(41,42)35-18-16-34(17-19-35)36(3)4)22-10-20-37(27-31-12-6-5-7-13-31)21-11-23-39(26-29)46(43,44)40-28-33-15-9-8-14-32(33)24-30(40)2/h8-9,14-19,29-31H,5-7,10-13,20-28H2,1-4H3/t29-,30?/m0/s1. The van der Waals surface area contributed by atoms with E-state index >= 15 is 0 Å². The molecule has 2 aromatic carbocycles. The van der Waals surface area contributed by atoms with Gasteiger partial charge in [-0.25, -0.2) is 8.42 Å². The molecule has 46 heavy (non-hydrogen) atoms. The Morgan fingerprint density at radius 3 is 2.00 bits per heavy atom. The zero-order valence-electron chi connectivity index (χ0n) is 28.4. The maximum Gasteiger partial charge on any atom is 0.282 e. The molecule has 11 heteroatoms. The number of fused-ring (bicyclic) bond motifs is 1. The normalized spacial score (nSPS) is 24.5. The lowest BCUT2D eigenvalue weighted by Gasteiger charge is -2.39. The Bertz CT molecular complexity index is 1490. The van der Waals surface area contributed by atoms with Crippen LogP contribution in [0.4, 0.5) is 5.69 Å². The van der Waals surface area contributed by atoms with E-state index < -0.39 is 20.2 Å². The van der Waals surface area contributed by atoms with Crippen LogP contribution in [0.3, 0.4) is 0 Å². The summed E-state index contributed by atoms with van der Waals surface area (Å²) in [6.45, 7) is 8.35. The fraction of sp³-hybridized carbons (Fsp3) is 0.657. The largest absolute Gasteiger partial charge is 0.378 e. The molecule has 0 radical (unpaired) electrons. The number of sulfonamides is 1. The van der Waals surface area contributed by atoms with Crippen molar-refractivity contribution >= 4 is 25.9 Å². The lowest BCUT2D eigenvalue weighted by Crippen LogP contribution is -2.52. The summed E-state index contributed by atoms with van der Waals surface area (Å²) in [5.74, 6) is 0.474. The van der Waals surface area contributed by atoms with Crippen LogP contribution in [0.5, 0.6) is 0 Å². The molecule has 3 aliphatic rings. The summed E-state index contributed by atoms with van der Waals surface area (Å²) in [6.07, 6.45) is 8.55. The SMILES string of the molecule is CC1Cc2ccccc2CN1S(=O)(=O)N1CCCN(CC2CCCCC2)CCCN(S(=O)(=O)c2ccc(N(C)C)cc2)C[C@H](C)C1. The van der Waals surface area contributed by atoms with Gasteiger partial charge >= 0.3 is 0 Å². The van der Waals surface area contributed by atoms with Gasteiger partial charge in [0.2, 0.25) is 10.0 Å². The molecule has 5 rings (SSSR count). The fourth-order valence-electron chi connectivity index (χ4n) is 7.51. The third-order valence-electron chi connectivity index (χ3n) is 10.1. The van der Waals surface area contributed by atoms with Crippen molar-refractivity contribution < 1.29 is 16.8 Å². The number of benzene rings is 2. The number of anilines is 1. The highest BCUT2D eigenvalue weighted by atomic mass is 32.2. The summed E-state index contributed by atoms with van der Waals surface area (Å²) < 4.78 is 61.9. The highest BCUT2D eigenvalue weighted by Crippen LogP contribution is 2.29. The molecule has 2 atom stereocenters. The predicted octanol–water partition coefficient (Wildman–Crippen LogP) is 5.05. The van der Waals surface area contributed by atoms with Gasteiger partial charge < -0.3 is 9.80 Å². The second kappa shape index (κ2) is 15.5. The first-order valence-corrected chi connectivity index (χ1v) is 20.1. The van der Waals surface area contributed by atoms with Crippen LogP contribution < -0.4 is 4.90 Å². The van der Waals surface area contributed by atoms with E-state index in [4.69, 9.17) is 0 Å². The molecule has 0 aromatic heterocycles. The Labute approximate surface area is 278 Å². The van der Waals surface area contributed by atoms with Crippen molar-refractivity contribution in [2.24, 2.45) is 11.8 Å². The van der Waals surface area contributed by atoms with Gasteiger partial charge in [0.1, 0.15) is 0 Å². The van der Waals surface area contributed by atoms with Crippen molar-refractivity contribution in [2.45, 2.75) is 82.7 Å². The van der Waals surface area contributed by atoms with E-state index in [1.165, 1.54) is 37.7 Å². The topological polar surface area (TPSA) is 84.5 Å². The van der Waals surface area contributed by atoms with Crippen molar-refractivity contribution in [1.29, 1.82) is 0 Å². The quantitative estimate of drug-likeness (QED) is 0.409. The third kappa shape index (κ3) is 8.52. The van der Waals surface area contributed by atoms with Gasteiger partial charge in [-0.3, -0.25) is 0 Å². The van der Waals surface area contributed by atoms with Crippen LogP contribution in [0.15, 0.2) is 53.4 Å². The van der Waals surface area contributed by atoms with Crippen molar-refractivity contribution in [3.63, 3.8) is 0 Å². The van der Waals surface area contributed by atoms with E-state index in [0.717, 1.165) is 43.7 Å². The Hall–Kier alpha value is -2.02. The van der Waals surface area contributed by atoms with Crippen LogP contribution in [0, 0.1) is 11.8 Å². The molecule has 9 nitrogen and oxygen atoms in total. The van der Waals surface area contributed by atoms with Gasteiger partial charge in [-0.05, 0) is 99.3 Å². The lowest BCUT2D eigenvalue weighted by atomic mass is 9.89. The van der Waals surface area contributed by atoms with Crippen LogP contribution in [-0.2, 0) is 33.2 Å². The smallest absolute Gasteiger partial charge is 0.282 e. The van der Waals surface area contributed by atoms with Crippen molar-refractivity contribution in [3.05, 3.63) is 59.7 Å². The molecule has 2 aromatic rings. The average Bonchev–Trinajstić information content (AvgIpc) is 3.03. The van der Waals surface area contributed by atoms with E-state index in [0.29, 0.717) is 32.0 Å². The number of hydrogen-bond donors (Lipinski definition) is 0. The Balaban J connectivity index is 1.40. The van der Waals surface area contributed by atoms with Crippen molar-refractivity contribution in [2.75, 3.05) is 64.8 Å². The third-order valence-corrected chi connectivity index (χ3v) is 14.0. The maximum atomic E-state index is 14.4. The second-order valence-corrected chi connectivity index (χ2v) is 17.9. The van der Waals surface area contributed by atoms with Gasteiger partial charge in [0, 0.05) is 65.1 Å². The minimum atomic E-state index is -3.79. The molecule has 256 valence electrons. The van der Waals surface area contributed by atoms with Crippen LogP contribution in [0.1, 0.15) is 69.9 Å². The summed E-state index contributed by atoms with van der Waals surface area (Å²) in [4.78, 5) is 4.70. The summed E-state index contributed by atoms with van der Waals surface area (Å²) in [5.41, 5.74) is 3.21. The van der Waals surface area contributed by atoms with Gasteiger partial charge in [0.15, 0.2) is 0 Å². The average molecular weight is 674 g/mol. The fourth-order valence-corrected chi connectivity index (χ4v) is 11.0. The van der Waals surface area contributed by atoms with E-state index in [-0.39, 0.29) is 29.9 Å². The molecule has 2 aliphatic heterocycles. The Morgan fingerprint density at radius 1 is 0.739 bits per heavy atom. The Kier molecular flexibility index (Phi) is 11.9. The van der Waals surface area contributed by atoms with Gasteiger partial charge in [-0.1, -0.05) is 50.5 Å². The molecule has 0 amide bonds. The van der Waals surface area contributed by atoms with Crippen molar-refractivity contribution in [1.82, 2.24) is 17.8 Å². The summed E-state index contributed by atoms with van der Waals surface area (Å²) in [7, 11) is -3.69. The molecule has 0 spiro atoms. The van der Waals surface area contributed by atoms with E-state index in [9.17, 15) is 16.8 Å². The molecule has 1 saturated carbocycles. The highest BCUT2D eigenvalue weighted by molar-refractivity contribution is 7.89. The minimum absolute atomic E-state index is 0.151. The summed E-state index contributed by atoms with van der Waals surface area (Å²) >= 11 is 0. The van der Waals surface area contributed by atoms with Gasteiger partial charge in [-0.2, -0.15) is 21.3 Å². The highest BCUT2D eigenvalue weighted by Gasteiger charge is 2.37. The molecule has 0 bridgehead atoms. The Morgan fingerprint density at radius 2 is 1.35 bits per heavy atom. The van der Waals surface area contributed by atoms with Crippen molar-refractivity contribution in [3.8, 4) is 0 Å². The van der Waals surface area contributed by atoms with Crippen LogP contribution in [0.2, 0.25) is 0 Å². The molecule has 1 saturated heterocycles. The first-order valence-electron chi connectivity index (χ1n) is 17.3. The van der Waals surface area contributed by atoms with Crippen LogP contribution in [-0.4, -0.2) is 101 Å². The van der Waals surface area contributed by atoms with Gasteiger partial charge in [0.05, 0.1) is 4.90 Å². The summed E-state index contributed by atoms with van der Waals surface area (Å²) in [5, 5.41) is 0. The molecular formula is C35H55N5O4S2. The van der Waals surface area contributed by atoms with Crippen LogP contribution in [0.25, 0.3) is 0 Å². The van der Waals surface area contributed by atoms with E-state index in [1.54, 1.807) is 25.0 Å². The molecule has 1 aliphatic carbocycles. The van der Waals surface area contributed by atoms with Gasteiger partial charge in [-0.15, -0.1) is 0 Å². The zero-order valence-corrected chi connectivity index (χ0v) is 30.0. The maximum absolute atomic E-state index is 14.4. The number of hydrogen-bond acceptors (Lipinski definition) is 6. The van der Waals surface area contributed by atoms with Gasteiger partial charge in [0.25, 0.3) is 10.2 Å². The monoisotopic (exact) mass is 673 g/mol. The van der Waals surface area contributed by atoms with Crippen LogP contribution >= 0.6 is 0 Å². The molecule has 2 fully saturated rings. The second-order valence-electron chi connectivity index (χ2n) is 14.1. The lowest BCUT2D eigenvalue weighted by molar-refractivity contribution is 0.178. The first kappa shape index (κ1) is 35.3. The molecule has 2 heterocycles. The summed E-state index contributed by atoms with van der Waals surface area (Å²) in [6, 6.07) is 15.0. The number of nitrogens with zero attached hydrogens (tertiary/aromatic N) is 5.